The van der Waals surface area contributed by atoms with E-state index >= 15 is 0 Å². The average Bonchev–Trinajstić information content (AvgIpc) is 3.50. The Bertz CT molecular complexity index is 1490. The van der Waals surface area contributed by atoms with Gasteiger partial charge in [-0.15, -0.1) is 0 Å². The lowest BCUT2D eigenvalue weighted by Crippen LogP contribution is -2.48. The molecule has 222 valence electrons. The maximum absolute atomic E-state index is 13.4. The van der Waals surface area contributed by atoms with E-state index in [0.717, 1.165) is 11.1 Å². The molecule has 2 heterocycles. The Morgan fingerprint density at radius 2 is 1.67 bits per heavy atom. The smallest absolute Gasteiger partial charge is 0.261 e. The molecule has 1 fully saturated rings. The van der Waals surface area contributed by atoms with Crippen LogP contribution in [0.2, 0.25) is 0 Å². The van der Waals surface area contributed by atoms with Gasteiger partial charge in [-0.05, 0) is 54.4 Å². The van der Waals surface area contributed by atoms with Crippen molar-refractivity contribution in [2.75, 3.05) is 39.7 Å². The van der Waals surface area contributed by atoms with Crippen LogP contribution in [0.25, 0.3) is 0 Å². The molecule has 3 aromatic carbocycles. The highest BCUT2D eigenvalue weighted by Crippen LogP contribution is 2.32. The molecule has 2 aliphatic heterocycles. The van der Waals surface area contributed by atoms with Crippen molar-refractivity contribution >= 4 is 21.8 Å². The number of hydrogen-bond donors (Lipinski definition) is 1. The van der Waals surface area contributed by atoms with Gasteiger partial charge in [-0.1, -0.05) is 36.4 Å². The topological polar surface area (TPSA) is 124 Å². The van der Waals surface area contributed by atoms with Crippen LogP contribution in [0.4, 0.5) is 0 Å². The van der Waals surface area contributed by atoms with E-state index in [4.69, 9.17) is 18.9 Å². The van der Waals surface area contributed by atoms with E-state index in [9.17, 15) is 18.0 Å². The quantitative estimate of drug-likeness (QED) is 0.359. The number of nitrogens with zero attached hydrogens (tertiary/aromatic N) is 2. The molecular formula is C30H33N3O8S. The van der Waals surface area contributed by atoms with Crippen molar-refractivity contribution in [3.8, 4) is 17.2 Å². The Morgan fingerprint density at radius 1 is 0.952 bits per heavy atom. The summed E-state index contributed by atoms with van der Waals surface area (Å²) in [5, 5.41) is 2.89. The zero-order valence-corrected chi connectivity index (χ0v) is 24.0. The molecule has 1 saturated heterocycles. The maximum Gasteiger partial charge on any atom is 0.261 e. The van der Waals surface area contributed by atoms with Crippen molar-refractivity contribution in [2.45, 2.75) is 31.0 Å². The van der Waals surface area contributed by atoms with Gasteiger partial charge in [-0.25, -0.2) is 8.42 Å². The number of rotatable bonds is 11. The molecule has 42 heavy (non-hydrogen) atoms. The molecule has 3 aromatic rings. The summed E-state index contributed by atoms with van der Waals surface area (Å²) >= 11 is 0. The fourth-order valence-electron chi connectivity index (χ4n) is 4.62. The Morgan fingerprint density at radius 3 is 2.40 bits per heavy atom. The van der Waals surface area contributed by atoms with E-state index < -0.39 is 22.0 Å². The highest BCUT2D eigenvalue weighted by Gasteiger charge is 2.28. The first-order valence-electron chi connectivity index (χ1n) is 13.6. The molecule has 11 nitrogen and oxygen atoms in total. The van der Waals surface area contributed by atoms with Crippen molar-refractivity contribution in [1.29, 1.82) is 0 Å². The molecule has 2 amide bonds. The number of carbonyl (C=O) groups excluding carboxylic acids is 2. The van der Waals surface area contributed by atoms with Gasteiger partial charge in [0.25, 0.3) is 5.91 Å². The van der Waals surface area contributed by atoms with Gasteiger partial charge in [0.05, 0.1) is 18.1 Å². The van der Waals surface area contributed by atoms with Crippen LogP contribution in [0.5, 0.6) is 17.2 Å². The van der Waals surface area contributed by atoms with E-state index in [1.165, 1.54) is 33.5 Å². The predicted molar refractivity (Wildman–Crippen MR) is 152 cm³/mol. The van der Waals surface area contributed by atoms with Crippen LogP contribution >= 0.6 is 0 Å². The number of carbonyl (C=O) groups is 2. The lowest BCUT2D eigenvalue weighted by molar-refractivity contribution is -0.142. The molecule has 2 aliphatic rings. The first-order valence-corrected chi connectivity index (χ1v) is 15.1. The SMILES string of the molecule is C[C@@H](C(=O)NCc1ccc2c(c1)OCO2)N(Cc1ccccc1)C(=O)COc1ccc(S(=O)(=O)N2CCOCC2)cc1. The van der Waals surface area contributed by atoms with Gasteiger partial charge in [0.1, 0.15) is 11.8 Å². The van der Waals surface area contributed by atoms with E-state index in [0.29, 0.717) is 43.6 Å². The summed E-state index contributed by atoms with van der Waals surface area (Å²) in [6.07, 6.45) is 0. The summed E-state index contributed by atoms with van der Waals surface area (Å²) in [6, 6.07) is 20.0. The summed E-state index contributed by atoms with van der Waals surface area (Å²) in [5.74, 6) is 0.902. The number of fused-ring (bicyclic) bond motifs is 1. The number of hydrogen-bond acceptors (Lipinski definition) is 8. The first kappa shape index (κ1) is 29.4. The lowest BCUT2D eigenvalue weighted by atomic mass is 10.1. The second kappa shape index (κ2) is 13.2. The van der Waals surface area contributed by atoms with Crippen LogP contribution < -0.4 is 19.5 Å². The van der Waals surface area contributed by atoms with Crippen LogP contribution in [-0.2, 0) is 37.4 Å². The van der Waals surface area contributed by atoms with Crippen molar-refractivity contribution in [2.24, 2.45) is 0 Å². The molecular weight excluding hydrogens is 562 g/mol. The average molecular weight is 596 g/mol. The Balaban J connectivity index is 1.22. The summed E-state index contributed by atoms with van der Waals surface area (Å²) in [4.78, 5) is 28.1. The van der Waals surface area contributed by atoms with Gasteiger partial charge >= 0.3 is 0 Å². The zero-order valence-electron chi connectivity index (χ0n) is 23.2. The predicted octanol–water partition coefficient (Wildman–Crippen LogP) is 2.55. The Hall–Kier alpha value is -4.13. The molecule has 0 aliphatic carbocycles. The van der Waals surface area contributed by atoms with Gasteiger partial charge in [0.15, 0.2) is 18.1 Å². The van der Waals surface area contributed by atoms with Crippen LogP contribution in [0.15, 0.2) is 77.7 Å². The molecule has 0 aromatic heterocycles. The Kier molecular flexibility index (Phi) is 9.25. The fourth-order valence-corrected chi connectivity index (χ4v) is 6.03. The van der Waals surface area contributed by atoms with Gasteiger partial charge in [-0.2, -0.15) is 4.31 Å². The molecule has 0 saturated carbocycles. The zero-order chi connectivity index (χ0) is 29.5. The molecule has 0 bridgehead atoms. The van der Waals surface area contributed by atoms with Crippen LogP contribution in [0, 0.1) is 0 Å². The van der Waals surface area contributed by atoms with Gasteiger partial charge in [-0.3, -0.25) is 9.59 Å². The highest BCUT2D eigenvalue weighted by atomic mass is 32.2. The number of amides is 2. The molecule has 5 rings (SSSR count). The summed E-state index contributed by atoms with van der Waals surface area (Å²) < 4.78 is 48.9. The van der Waals surface area contributed by atoms with Gasteiger partial charge in [0.2, 0.25) is 22.7 Å². The van der Waals surface area contributed by atoms with Gasteiger partial charge < -0.3 is 29.2 Å². The third kappa shape index (κ3) is 7.01. The number of sulfonamides is 1. The van der Waals surface area contributed by atoms with Crippen molar-refractivity contribution < 1.29 is 37.0 Å². The summed E-state index contributed by atoms with van der Waals surface area (Å²) in [7, 11) is -3.64. The van der Waals surface area contributed by atoms with Crippen LogP contribution in [0.3, 0.4) is 0 Å². The standard InChI is InChI=1S/C30H33N3O8S/c1-22(30(35)31-18-24-7-12-27-28(17-24)41-21-40-27)33(19-23-5-3-2-4-6-23)29(34)20-39-25-8-10-26(11-9-25)42(36,37)32-13-15-38-16-14-32/h2-12,17,22H,13-16,18-21H2,1H3,(H,31,35)/t22-/m0/s1. The summed E-state index contributed by atoms with van der Waals surface area (Å²) in [6.45, 7) is 3.28. The summed E-state index contributed by atoms with van der Waals surface area (Å²) in [5.41, 5.74) is 1.70. The van der Waals surface area contributed by atoms with Crippen LogP contribution in [-0.4, -0.2) is 75.2 Å². The largest absolute Gasteiger partial charge is 0.484 e. The maximum atomic E-state index is 13.4. The molecule has 12 heteroatoms. The molecule has 1 atom stereocenters. The second-order valence-electron chi connectivity index (χ2n) is 9.87. The minimum absolute atomic E-state index is 0.140. The highest BCUT2D eigenvalue weighted by molar-refractivity contribution is 7.89. The second-order valence-corrected chi connectivity index (χ2v) is 11.8. The molecule has 0 radical (unpaired) electrons. The van der Waals surface area contributed by atoms with Gasteiger partial charge in [0, 0.05) is 26.2 Å². The third-order valence-electron chi connectivity index (χ3n) is 7.06. The minimum atomic E-state index is -3.64. The number of benzene rings is 3. The normalized spacial score (nSPS) is 15.5. The molecule has 1 N–H and O–H groups in total. The van der Waals surface area contributed by atoms with Crippen molar-refractivity contribution in [3.63, 3.8) is 0 Å². The Labute approximate surface area is 245 Å². The van der Waals surface area contributed by atoms with Crippen molar-refractivity contribution in [1.82, 2.24) is 14.5 Å². The number of nitrogens with one attached hydrogen (secondary N) is 1. The number of ether oxygens (including phenoxy) is 4. The van der Waals surface area contributed by atoms with Crippen LogP contribution in [0.1, 0.15) is 18.1 Å². The first-order chi connectivity index (χ1) is 20.3. The van der Waals surface area contributed by atoms with E-state index in [-0.39, 0.29) is 37.3 Å². The molecule has 0 unspecified atom stereocenters. The fraction of sp³-hybridized carbons (Fsp3) is 0.333. The minimum Gasteiger partial charge on any atom is -0.484 e. The third-order valence-corrected chi connectivity index (χ3v) is 8.97. The van der Waals surface area contributed by atoms with E-state index in [2.05, 4.69) is 5.32 Å². The van der Waals surface area contributed by atoms with E-state index in [1.807, 2.05) is 42.5 Å². The molecule has 0 spiro atoms. The lowest BCUT2D eigenvalue weighted by Gasteiger charge is -2.29. The monoisotopic (exact) mass is 595 g/mol. The number of morpholine rings is 1. The van der Waals surface area contributed by atoms with E-state index in [1.54, 1.807) is 13.0 Å². The van der Waals surface area contributed by atoms with Crippen molar-refractivity contribution in [3.05, 3.63) is 83.9 Å².